The lowest BCUT2D eigenvalue weighted by Crippen LogP contribution is -2.57. The molecule has 7 nitrogen and oxygen atoms in total. The average molecular weight is 372 g/mol. The van der Waals surface area contributed by atoms with Crippen molar-refractivity contribution in [1.29, 1.82) is 0 Å². The van der Waals surface area contributed by atoms with Crippen LogP contribution in [0.5, 0.6) is 0 Å². The SMILES string of the molecule is CC1CN(C(C)(C)CNc2nc(C(F)(F)F)nc3nc[nH]c23)CC(C)O1. The number of alkyl halides is 3. The van der Waals surface area contributed by atoms with Crippen molar-refractivity contribution in [2.75, 3.05) is 25.0 Å². The summed E-state index contributed by atoms with van der Waals surface area (Å²) >= 11 is 0. The number of nitrogens with zero attached hydrogens (tertiary/aromatic N) is 4. The van der Waals surface area contributed by atoms with Crippen LogP contribution >= 0.6 is 0 Å². The van der Waals surface area contributed by atoms with Crippen LogP contribution in [0, 0.1) is 0 Å². The molecule has 3 rings (SSSR count). The maximum absolute atomic E-state index is 13.0. The highest BCUT2D eigenvalue weighted by atomic mass is 19.4. The van der Waals surface area contributed by atoms with Crippen molar-refractivity contribution in [3.63, 3.8) is 0 Å². The predicted octanol–water partition coefficient (Wildman–Crippen LogP) is 2.67. The number of imidazole rings is 1. The second-order valence-electron chi connectivity index (χ2n) is 7.32. The van der Waals surface area contributed by atoms with Gasteiger partial charge in [-0.25, -0.2) is 15.0 Å². The molecule has 26 heavy (non-hydrogen) atoms. The molecule has 2 N–H and O–H groups in total. The molecule has 3 heterocycles. The fourth-order valence-electron chi connectivity index (χ4n) is 3.17. The van der Waals surface area contributed by atoms with Crippen LogP contribution in [0.4, 0.5) is 19.0 Å². The minimum Gasteiger partial charge on any atom is -0.373 e. The van der Waals surface area contributed by atoms with Gasteiger partial charge in [0.1, 0.15) is 5.52 Å². The Morgan fingerprint density at radius 2 is 1.88 bits per heavy atom. The third kappa shape index (κ3) is 3.90. The minimum absolute atomic E-state index is 0.0127. The second-order valence-corrected chi connectivity index (χ2v) is 7.32. The van der Waals surface area contributed by atoms with Crippen molar-refractivity contribution in [3.05, 3.63) is 12.2 Å². The number of nitrogens with one attached hydrogen (secondary N) is 2. The normalized spacial score (nSPS) is 22.7. The van der Waals surface area contributed by atoms with E-state index in [9.17, 15) is 13.2 Å². The van der Waals surface area contributed by atoms with Crippen LogP contribution in [0.25, 0.3) is 11.2 Å². The molecule has 10 heteroatoms. The molecule has 0 aromatic carbocycles. The van der Waals surface area contributed by atoms with Crippen molar-refractivity contribution in [3.8, 4) is 0 Å². The van der Waals surface area contributed by atoms with E-state index in [4.69, 9.17) is 4.74 Å². The Hall–Kier alpha value is -1.94. The topological polar surface area (TPSA) is 79.0 Å². The summed E-state index contributed by atoms with van der Waals surface area (Å²) in [5.74, 6) is -1.10. The molecule has 2 unspecified atom stereocenters. The maximum Gasteiger partial charge on any atom is 0.451 e. The summed E-state index contributed by atoms with van der Waals surface area (Å²) in [6, 6.07) is 0. The maximum atomic E-state index is 13.0. The summed E-state index contributed by atoms with van der Waals surface area (Å²) in [6.07, 6.45) is -3.11. The van der Waals surface area contributed by atoms with Crippen LogP contribution in [0.1, 0.15) is 33.5 Å². The Labute approximate surface area is 149 Å². The van der Waals surface area contributed by atoms with Crippen LogP contribution in [-0.2, 0) is 10.9 Å². The smallest absolute Gasteiger partial charge is 0.373 e. The van der Waals surface area contributed by atoms with Gasteiger partial charge in [0.05, 0.1) is 18.5 Å². The highest BCUT2D eigenvalue weighted by Crippen LogP contribution is 2.30. The van der Waals surface area contributed by atoms with E-state index in [2.05, 4.69) is 30.2 Å². The first-order valence-electron chi connectivity index (χ1n) is 8.49. The highest BCUT2D eigenvalue weighted by Gasteiger charge is 2.37. The van der Waals surface area contributed by atoms with Gasteiger partial charge >= 0.3 is 6.18 Å². The zero-order valence-corrected chi connectivity index (χ0v) is 15.2. The third-order valence-electron chi connectivity index (χ3n) is 4.50. The van der Waals surface area contributed by atoms with Gasteiger partial charge in [0, 0.05) is 25.2 Å². The Morgan fingerprint density at radius 1 is 1.23 bits per heavy atom. The first kappa shape index (κ1) is 18.8. The first-order chi connectivity index (χ1) is 12.1. The Bertz CT molecular complexity index is 765. The number of rotatable bonds is 4. The molecule has 0 amide bonds. The molecule has 0 spiro atoms. The van der Waals surface area contributed by atoms with Gasteiger partial charge in [-0.05, 0) is 27.7 Å². The number of hydrogen-bond donors (Lipinski definition) is 2. The van der Waals surface area contributed by atoms with E-state index < -0.39 is 12.0 Å². The van der Waals surface area contributed by atoms with E-state index in [-0.39, 0.29) is 29.2 Å². The van der Waals surface area contributed by atoms with Crippen LogP contribution < -0.4 is 5.32 Å². The molecule has 0 radical (unpaired) electrons. The molecule has 0 aliphatic carbocycles. The first-order valence-corrected chi connectivity index (χ1v) is 8.49. The van der Waals surface area contributed by atoms with Crippen molar-refractivity contribution in [2.24, 2.45) is 0 Å². The Morgan fingerprint density at radius 3 is 2.50 bits per heavy atom. The lowest BCUT2D eigenvalue weighted by molar-refractivity contribution is -0.144. The number of hydrogen-bond acceptors (Lipinski definition) is 6. The standard InChI is InChI=1S/C16H23F3N6O/c1-9-5-25(6-10(2)26-9)15(3,4)7-20-12-11-13(22-8-21-11)24-14(23-12)16(17,18)19/h8-10H,5-7H2,1-4H3,(H2,20,21,22,23,24). The lowest BCUT2D eigenvalue weighted by atomic mass is 10.00. The van der Waals surface area contributed by atoms with Gasteiger partial charge in [-0.2, -0.15) is 13.2 Å². The number of halogens is 3. The van der Waals surface area contributed by atoms with Gasteiger partial charge < -0.3 is 15.0 Å². The lowest BCUT2D eigenvalue weighted by Gasteiger charge is -2.45. The number of aromatic nitrogens is 4. The van der Waals surface area contributed by atoms with Crippen molar-refractivity contribution in [1.82, 2.24) is 24.8 Å². The van der Waals surface area contributed by atoms with Crippen LogP contribution in [0.3, 0.4) is 0 Å². The van der Waals surface area contributed by atoms with E-state index in [0.717, 1.165) is 13.1 Å². The number of fused-ring (bicyclic) bond motifs is 1. The van der Waals surface area contributed by atoms with Crippen molar-refractivity contribution in [2.45, 2.75) is 51.6 Å². The monoisotopic (exact) mass is 372 g/mol. The minimum atomic E-state index is -4.63. The molecular weight excluding hydrogens is 349 g/mol. The van der Waals surface area contributed by atoms with Gasteiger partial charge in [-0.15, -0.1) is 0 Å². The van der Waals surface area contributed by atoms with Gasteiger partial charge in [-0.3, -0.25) is 4.90 Å². The fraction of sp³-hybridized carbons (Fsp3) is 0.688. The van der Waals surface area contributed by atoms with E-state index in [1.807, 2.05) is 27.7 Å². The summed E-state index contributed by atoms with van der Waals surface area (Å²) in [6.45, 7) is 10.0. The average Bonchev–Trinajstić information content (AvgIpc) is 2.99. The molecule has 1 saturated heterocycles. The molecule has 1 aliphatic rings. The number of morpholine rings is 1. The van der Waals surface area contributed by atoms with E-state index in [1.54, 1.807) is 0 Å². The number of aromatic amines is 1. The molecule has 0 bridgehead atoms. The molecule has 2 aromatic rings. The summed E-state index contributed by atoms with van der Waals surface area (Å²) in [7, 11) is 0. The molecule has 0 saturated carbocycles. The van der Waals surface area contributed by atoms with Crippen LogP contribution in [0.15, 0.2) is 6.33 Å². The summed E-state index contributed by atoms with van der Waals surface area (Å²) in [5, 5.41) is 3.05. The molecule has 144 valence electrons. The summed E-state index contributed by atoms with van der Waals surface area (Å²) in [5.41, 5.74) is 0.0425. The predicted molar refractivity (Wildman–Crippen MR) is 90.8 cm³/mol. The van der Waals surface area contributed by atoms with Crippen LogP contribution in [-0.4, -0.2) is 62.2 Å². The molecule has 1 fully saturated rings. The number of anilines is 1. The van der Waals surface area contributed by atoms with Gasteiger partial charge in [-0.1, -0.05) is 0 Å². The highest BCUT2D eigenvalue weighted by molar-refractivity contribution is 5.82. The van der Waals surface area contributed by atoms with Gasteiger partial charge in [0.15, 0.2) is 11.5 Å². The Balaban J connectivity index is 1.81. The number of ether oxygens (including phenoxy) is 1. The molecular formula is C16H23F3N6O. The third-order valence-corrected chi connectivity index (χ3v) is 4.50. The summed E-state index contributed by atoms with van der Waals surface area (Å²) in [4.78, 5) is 16.0. The van der Waals surface area contributed by atoms with Gasteiger partial charge in [0.25, 0.3) is 0 Å². The van der Waals surface area contributed by atoms with E-state index >= 15 is 0 Å². The van der Waals surface area contributed by atoms with Crippen molar-refractivity contribution >= 4 is 17.0 Å². The fourth-order valence-corrected chi connectivity index (χ4v) is 3.17. The molecule has 2 aromatic heterocycles. The molecule has 1 aliphatic heterocycles. The largest absolute Gasteiger partial charge is 0.451 e. The van der Waals surface area contributed by atoms with Crippen LogP contribution in [0.2, 0.25) is 0 Å². The van der Waals surface area contributed by atoms with E-state index in [1.165, 1.54) is 6.33 Å². The molecule has 2 atom stereocenters. The quantitative estimate of drug-likeness (QED) is 0.859. The second kappa shape index (κ2) is 6.66. The number of H-pyrrole nitrogens is 1. The summed E-state index contributed by atoms with van der Waals surface area (Å²) < 4.78 is 44.9. The Kier molecular flexibility index (Phi) is 4.82. The zero-order chi connectivity index (χ0) is 19.1. The van der Waals surface area contributed by atoms with E-state index in [0.29, 0.717) is 12.1 Å². The van der Waals surface area contributed by atoms with Gasteiger partial charge in [0.2, 0.25) is 5.82 Å². The van der Waals surface area contributed by atoms with Crippen molar-refractivity contribution < 1.29 is 17.9 Å². The zero-order valence-electron chi connectivity index (χ0n) is 15.2.